The molecule has 0 saturated carbocycles. The van der Waals surface area contributed by atoms with E-state index in [2.05, 4.69) is 27.9 Å². The molecule has 31 heavy (non-hydrogen) atoms. The van der Waals surface area contributed by atoms with Gasteiger partial charge in [0.1, 0.15) is 5.75 Å². The van der Waals surface area contributed by atoms with Gasteiger partial charge in [0, 0.05) is 11.3 Å². The second-order valence-corrected chi connectivity index (χ2v) is 8.86. The van der Waals surface area contributed by atoms with E-state index in [0.717, 1.165) is 37.4 Å². The number of halogens is 1. The molecule has 3 aliphatic heterocycles. The number of methoxy groups -OCH3 is 1. The van der Waals surface area contributed by atoms with E-state index in [0.29, 0.717) is 11.5 Å². The molecular weight excluding hydrogens is 434 g/mol. The number of carbonyl (C=O) groups excluding carboxylic acids is 2. The molecule has 0 radical (unpaired) electrons. The van der Waals surface area contributed by atoms with Crippen LogP contribution in [0, 0.1) is 11.8 Å². The summed E-state index contributed by atoms with van der Waals surface area (Å²) in [7, 11) is 1.66. The minimum atomic E-state index is -0.298. The lowest BCUT2D eigenvalue weighted by Gasteiger charge is -2.49. The van der Waals surface area contributed by atoms with Gasteiger partial charge in [-0.1, -0.05) is 30.3 Å². The van der Waals surface area contributed by atoms with Crippen LogP contribution in [0.5, 0.6) is 5.75 Å². The number of fused-ring (bicyclic) bond motifs is 3. The van der Waals surface area contributed by atoms with Crippen molar-refractivity contribution in [1.29, 1.82) is 0 Å². The fraction of sp³-hybridized carbons (Fsp3) is 0.391. The van der Waals surface area contributed by atoms with Gasteiger partial charge in [0.2, 0.25) is 5.91 Å². The molecule has 166 valence electrons. The zero-order valence-electron chi connectivity index (χ0n) is 17.5. The minimum absolute atomic E-state index is 0. The second kappa shape index (κ2) is 10.9. The molecule has 3 fully saturated rings. The molecule has 2 aromatic rings. The van der Waals surface area contributed by atoms with Crippen molar-refractivity contribution in [3.8, 4) is 5.75 Å². The minimum Gasteiger partial charge on any atom is -0.497 e. The molecule has 2 atom stereocenters. The number of hydrogen-bond acceptors (Lipinski definition) is 5. The Bertz CT molecular complexity index is 873. The molecule has 3 heterocycles. The highest BCUT2D eigenvalue weighted by Crippen LogP contribution is 2.42. The lowest BCUT2D eigenvalue weighted by atomic mass is 9.78. The van der Waals surface area contributed by atoms with Gasteiger partial charge in [0.15, 0.2) is 0 Å². The van der Waals surface area contributed by atoms with Crippen LogP contribution >= 0.6 is 24.2 Å². The molecule has 2 unspecified atom stereocenters. The molecule has 2 amide bonds. The van der Waals surface area contributed by atoms with Crippen LogP contribution in [0.4, 0.5) is 0 Å². The third-order valence-corrected chi connectivity index (χ3v) is 7.40. The van der Waals surface area contributed by atoms with E-state index < -0.39 is 0 Å². The summed E-state index contributed by atoms with van der Waals surface area (Å²) in [5.41, 5.74) is 7.00. The van der Waals surface area contributed by atoms with Crippen LogP contribution in [0.25, 0.3) is 0 Å². The SMILES string of the molecule is COc1ccc(CSC2C(C(=O)NNC(=O)c3ccccc3)C3CCN2CC3)cc1.Cl. The molecule has 3 saturated heterocycles. The maximum atomic E-state index is 13.0. The lowest BCUT2D eigenvalue weighted by molar-refractivity contribution is -0.133. The Balaban J connectivity index is 0.00000272. The summed E-state index contributed by atoms with van der Waals surface area (Å²) >= 11 is 1.81. The number of rotatable bonds is 6. The van der Waals surface area contributed by atoms with E-state index >= 15 is 0 Å². The maximum absolute atomic E-state index is 13.0. The molecule has 6 nitrogen and oxygen atoms in total. The van der Waals surface area contributed by atoms with E-state index in [9.17, 15) is 9.59 Å². The van der Waals surface area contributed by atoms with Crippen LogP contribution in [-0.2, 0) is 10.5 Å². The average Bonchev–Trinajstić information content (AvgIpc) is 2.82. The first-order chi connectivity index (χ1) is 14.7. The number of amides is 2. The number of carbonyl (C=O) groups is 2. The smallest absolute Gasteiger partial charge is 0.269 e. The number of benzene rings is 2. The second-order valence-electron chi connectivity index (χ2n) is 7.76. The van der Waals surface area contributed by atoms with Crippen molar-refractivity contribution in [2.45, 2.75) is 24.0 Å². The molecule has 0 spiro atoms. The van der Waals surface area contributed by atoms with Gasteiger partial charge in [-0.3, -0.25) is 25.3 Å². The van der Waals surface area contributed by atoms with Crippen LogP contribution in [0.15, 0.2) is 54.6 Å². The van der Waals surface area contributed by atoms with E-state index in [4.69, 9.17) is 4.74 Å². The largest absolute Gasteiger partial charge is 0.497 e. The normalized spacial score (nSPS) is 24.0. The van der Waals surface area contributed by atoms with Gasteiger partial charge < -0.3 is 4.74 Å². The lowest BCUT2D eigenvalue weighted by Crippen LogP contribution is -2.59. The summed E-state index contributed by atoms with van der Waals surface area (Å²) in [5.74, 6) is 1.51. The van der Waals surface area contributed by atoms with Gasteiger partial charge in [-0.15, -0.1) is 24.2 Å². The first kappa shape index (κ1) is 23.4. The van der Waals surface area contributed by atoms with Crippen molar-refractivity contribution in [3.63, 3.8) is 0 Å². The Morgan fingerprint density at radius 1 is 1.03 bits per heavy atom. The summed E-state index contributed by atoms with van der Waals surface area (Å²) in [6.07, 6.45) is 2.06. The summed E-state index contributed by atoms with van der Waals surface area (Å²) < 4.78 is 5.23. The highest BCUT2D eigenvalue weighted by Gasteiger charge is 2.46. The first-order valence-corrected chi connectivity index (χ1v) is 11.3. The number of ether oxygens (including phenoxy) is 1. The summed E-state index contributed by atoms with van der Waals surface area (Å²) in [5, 5.41) is 0.119. The van der Waals surface area contributed by atoms with Crippen LogP contribution < -0.4 is 15.6 Å². The molecule has 3 aliphatic rings. The van der Waals surface area contributed by atoms with Crippen LogP contribution in [0.1, 0.15) is 28.8 Å². The fourth-order valence-corrected chi connectivity index (χ4v) is 5.84. The Hall–Kier alpha value is -2.22. The molecular formula is C23H28ClN3O3S. The number of nitrogens with zero attached hydrogens (tertiary/aromatic N) is 1. The van der Waals surface area contributed by atoms with Gasteiger partial charge in [0.05, 0.1) is 18.4 Å². The van der Waals surface area contributed by atoms with E-state index in [1.165, 1.54) is 5.56 Å². The molecule has 8 heteroatoms. The third-order valence-electron chi connectivity index (χ3n) is 5.97. The first-order valence-electron chi connectivity index (χ1n) is 10.3. The molecule has 0 aliphatic carbocycles. The molecule has 0 aromatic heterocycles. The third kappa shape index (κ3) is 5.53. The van der Waals surface area contributed by atoms with E-state index in [1.54, 1.807) is 43.1 Å². The monoisotopic (exact) mass is 461 g/mol. The van der Waals surface area contributed by atoms with Gasteiger partial charge in [0.25, 0.3) is 5.91 Å². The van der Waals surface area contributed by atoms with Crippen molar-refractivity contribution in [3.05, 3.63) is 65.7 Å². The Labute approximate surface area is 193 Å². The number of piperidine rings is 3. The van der Waals surface area contributed by atoms with Crippen LogP contribution in [0.2, 0.25) is 0 Å². The van der Waals surface area contributed by atoms with Gasteiger partial charge in [-0.05, 0) is 61.7 Å². The van der Waals surface area contributed by atoms with Crippen LogP contribution in [-0.4, -0.2) is 42.3 Å². The van der Waals surface area contributed by atoms with Gasteiger partial charge in [-0.25, -0.2) is 0 Å². The van der Waals surface area contributed by atoms with Gasteiger partial charge >= 0.3 is 0 Å². The van der Waals surface area contributed by atoms with Crippen LogP contribution in [0.3, 0.4) is 0 Å². The number of thioether (sulfide) groups is 1. The van der Waals surface area contributed by atoms with Gasteiger partial charge in [-0.2, -0.15) is 0 Å². The standard InChI is InChI=1S/C23H27N3O3S.ClH/c1-29-19-9-7-16(8-10-19)15-30-23-20(17-11-13-26(23)14-12-17)22(28)25-24-21(27)18-5-3-2-4-6-18;/h2-10,17,20,23H,11-15H2,1H3,(H,24,27)(H,25,28);1H. The summed E-state index contributed by atoms with van der Waals surface area (Å²) in [6.45, 7) is 2.07. The Morgan fingerprint density at radius 3 is 2.35 bits per heavy atom. The van der Waals surface area contributed by atoms with Crippen molar-refractivity contribution in [1.82, 2.24) is 15.8 Å². The maximum Gasteiger partial charge on any atom is 0.269 e. The summed E-state index contributed by atoms with van der Waals surface area (Å²) in [6, 6.07) is 17.0. The molecule has 2 N–H and O–H groups in total. The topological polar surface area (TPSA) is 70.7 Å². The van der Waals surface area contributed by atoms with E-state index in [-0.39, 0.29) is 35.5 Å². The Kier molecular flexibility index (Phi) is 8.23. The number of nitrogens with one attached hydrogen (secondary N) is 2. The predicted molar refractivity (Wildman–Crippen MR) is 125 cm³/mol. The van der Waals surface area contributed by atoms with E-state index in [1.807, 2.05) is 18.2 Å². The number of hydrazine groups is 1. The molecule has 5 rings (SSSR count). The highest BCUT2D eigenvalue weighted by molar-refractivity contribution is 7.99. The van der Waals surface area contributed by atoms with Crippen molar-refractivity contribution < 1.29 is 14.3 Å². The highest BCUT2D eigenvalue weighted by atomic mass is 35.5. The van der Waals surface area contributed by atoms with Crippen molar-refractivity contribution in [2.24, 2.45) is 11.8 Å². The number of hydrogen-bond donors (Lipinski definition) is 2. The molecule has 2 aromatic carbocycles. The Morgan fingerprint density at radius 2 is 1.71 bits per heavy atom. The average molecular weight is 462 g/mol. The quantitative estimate of drug-likeness (QED) is 0.644. The van der Waals surface area contributed by atoms with Crippen molar-refractivity contribution >= 4 is 36.0 Å². The summed E-state index contributed by atoms with van der Waals surface area (Å²) in [4.78, 5) is 27.7. The molecule has 2 bridgehead atoms. The zero-order valence-corrected chi connectivity index (χ0v) is 19.1. The fourth-order valence-electron chi connectivity index (χ4n) is 4.31. The zero-order chi connectivity index (χ0) is 20.9. The van der Waals surface area contributed by atoms with Crippen molar-refractivity contribution in [2.75, 3.05) is 20.2 Å². The predicted octanol–water partition coefficient (Wildman–Crippen LogP) is 3.48.